The van der Waals surface area contributed by atoms with Gasteiger partial charge in [-0.05, 0) is 30.6 Å². The first-order chi connectivity index (χ1) is 8.65. The van der Waals surface area contributed by atoms with Gasteiger partial charge in [-0.3, -0.25) is 0 Å². The van der Waals surface area contributed by atoms with Crippen LogP contribution in [-0.2, 0) is 15.5 Å². The highest BCUT2D eigenvalue weighted by atomic mass is 32.2. The van der Waals surface area contributed by atoms with Crippen molar-refractivity contribution >= 4 is 28.3 Å². The van der Waals surface area contributed by atoms with Crippen LogP contribution < -0.4 is 0 Å². The van der Waals surface area contributed by atoms with Crippen molar-refractivity contribution in [1.29, 1.82) is 0 Å². The molecule has 0 fully saturated rings. The zero-order valence-electron chi connectivity index (χ0n) is 9.75. The molecule has 0 saturated carbocycles. The molecule has 0 saturated heterocycles. The Bertz CT molecular complexity index is 610. The molecule has 2 rings (SSSR count). The lowest BCUT2D eigenvalue weighted by molar-refractivity contribution is 0.0596. The van der Waals surface area contributed by atoms with Crippen LogP contribution in [0.3, 0.4) is 0 Å². The number of carbonyl (C=O) groups excluding carboxylic acids is 1. The molecule has 1 aromatic carbocycles. The van der Waals surface area contributed by atoms with E-state index in [1.54, 1.807) is 31.2 Å². The summed E-state index contributed by atoms with van der Waals surface area (Å²) in [4.78, 5) is 12.0. The van der Waals surface area contributed by atoms with Crippen LogP contribution in [-0.4, -0.2) is 26.9 Å². The fourth-order valence-electron chi connectivity index (χ4n) is 1.40. The van der Waals surface area contributed by atoms with E-state index in [0.29, 0.717) is 20.4 Å². The predicted molar refractivity (Wildman–Crippen MR) is 67.1 cm³/mol. The molecule has 0 aliphatic rings. The third-order valence-electron chi connectivity index (χ3n) is 2.27. The van der Waals surface area contributed by atoms with E-state index >= 15 is 0 Å². The summed E-state index contributed by atoms with van der Waals surface area (Å²) in [6, 6.07) is 6.65. The summed E-state index contributed by atoms with van der Waals surface area (Å²) in [6.45, 7) is 1.73. The molecule has 0 radical (unpaired) electrons. The minimum Gasteiger partial charge on any atom is -0.465 e. The van der Waals surface area contributed by atoms with Crippen molar-refractivity contribution in [2.24, 2.45) is 0 Å². The lowest BCUT2D eigenvalue weighted by Crippen LogP contribution is -2.07. The Kier molecular flexibility index (Phi) is 3.83. The molecule has 7 heteroatoms. The van der Waals surface area contributed by atoms with Gasteiger partial charge in [0, 0.05) is 0 Å². The van der Waals surface area contributed by atoms with Crippen LogP contribution >= 0.6 is 11.5 Å². The summed E-state index contributed by atoms with van der Waals surface area (Å²) in [5.74, 6) is -0.505. The number of hydrogen-bond donors (Lipinski definition) is 0. The predicted octanol–water partition coefficient (Wildman–Crippen LogP) is 1.80. The monoisotopic (exact) mass is 282 g/mol. The first-order valence-electron chi connectivity index (χ1n) is 5.03. The topological polar surface area (TPSA) is 69.2 Å². The van der Waals surface area contributed by atoms with E-state index in [2.05, 4.69) is 14.3 Å². The van der Waals surface area contributed by atoms with E-state index < -0.39 is 16.8 Å². The van der Waals surface area contributed by atoms with Crippen molar-refractivity contribution in [3.8, 4) is 0 Å². The second-order valence-electron chi connectivity index (χ2n) is 3.40. The lowest BCUT2D eigenvalue weighted by atomic mass is 10.2. The maximum absolute atomic E-state index is 12.4. The molecule has 0 N–H and O–H groups in total. The molecule has 0 aliphatic heterocycles. The van der Waals surface area contributed by atoms with Crippen LogP contribution in [0.5, 0.6) is 0 Å². The van der Waals surface area contributed by atoms with E-state index in [0.717, 1.165) is 11.5 Å². The van der Waals surface area contributed by atoms with Crippen molar-refractivity contribution < 1.29 is 13.7 Å². The van der Waals surface area contributed by atoms with Gasteiger partial charge in [0.25, 0.3) is 0 Å². The van der Waals surface area contributed by atoms with E-state index in [4.69, 9.17) is 0 Å². The highest BCUT2D eigenvalue weighted by Gasteiger charge is 2.20. The highest BCUT2D eigenvalue weighted by molar-refractivity contribution is 7.87. The van der Waals surface area contributed by atoms with Gasteiger partial charge in [0.15, 0.2) is 0 Å². The number of benzene rings is 1. The first kappa shape index (κ1) is 12.8. The number of aryl methyl sites for hydroxylation is 1. The van der Waals surface area contributed by atoms with Crippen LogP contribution in [0.2, 0.25) is 0 Å². The summed E-state index contributed by atoms with van der Waals surface area (Å²) in [5, 5.41) is 3.82. The van der Waals surface area contributed by atoms with Crippen molar-refractivity contribution in [3.05, 3.63) is 35.5 Å². The van der Waals surface area contributed by atoms with E-state index in [1.165, 1.54) is 7.11 Å². The van der Waals surface area contributed by atoms with Crippen LogP contribution in [0, 0.1) is 6.92 Å². The Morgan fingerprint density at radius 1 is 1.39 bits per heavy atom. The number of carbonyl (C=O) groups is 1. The molecule has 2 aromatic rings. The van der Waals surface area contributed by atoms with Gasteiger partial charge < -0.3 is 4.74 Å². The molecule has 1 atom stereocenters. The zero-order valence-corrected chi connectivity index (χ0v) is 11.4. The Morgan fingerprint density at radius 2 is 2.11 bits per heavy atom. The molecular weight excluding hydrogens is 272 g/mol. The minimum absolute atomic E-state index is 0.297. The maximum Gasteiger partial charge on any atom is 0.339 e. The second kappa shape index (κ2) is 5.36. The Hall–Kier alpha value is -1.60. The highest BCUT2D eigenvalue weighted by Crippen LogP contribution is 2.24. The van der Waals surface area contributed by atoms with Crippen LogP contribution in [0.1, 0.15) is 16.1 Å². The molecule has 0 amide bonds. The van der Waals surface area contributed by atoms with Crippen molar-refractivity contribution in [2.75, 3.05) is 7.11 Å². The molecule has 1 aromatic heterocycles. The molecule has 94 valence electrons. The number of rotatable bonds is 3. The van der Waals surface area contributed by atoms with Gasteiger partial charge in [0.2, 0.25) is 0 Å². The fraction of sp³-hybridized carbons (Fsp3) is 0.182. The molecule has 5 nitrogen and oxygen atoms in total. The summed E-state index contributed by atoms with van der Waals surface area (Å²) in [5.41, 5.74) is 0.907. The van der Waals surface area contributed by atoms with Crippen LogP contribution in [0.4, 0.5) is 0 Å². The third-order valence-corrected chi connectivity index (χ3v) is 4.96. The quantitative estimate of drug-likeness (QED) is 0.803. The molecule has 18 heavy (non-hydrogen) atoms. The third kappa shape index (κ3) is 2.32. The van der Waals surface area contributed by atoms with Gasteiger partial charge in [-0.25, -0.2) is 9.00 Å². The lowest BCUT2D eigenvalue weighted by Gasteiger charge is -2.06. The van der Waals surface area contributed by atoms with Gasteiger partial charge in [-0.2, -0.15) is 0 Å². The smallest absolute Gasteiger partial charge is 0.339 e. The summed E-state index contributed by atoms with van der Waals surface area (Å²) < 4.78 is 21.4. The number of nitrogens with zero attached hydrogens (tertiary/aromatic N) is 2. The van der Waals surface area contributed by atoms with E-state index in [-0.39, 0.29) is 0 Å². The number of esters is 1. The van der Waals surface area contributed by atoms with Gasteiger partial charge in [0.1, 0.15) is 4.21 Å². The first-order valence-corrected chi connectivity index (χ1v) is 6.95. The Labute approximate surface area is 110 Å². The van der Waals surface area contributed by atoms with Gasteiger partial charge in [-0.1, -0.05) is 16.6 Å². The average molecular weight is 282 g/mol. The summed E-state index contributed by atoms with van der Waals surface area (Å²) >= 11 is 1.07. The van der Waals surface area contributed by atoms with Crippen molar-refractivity contribution in [3.63, 3.8) is 0 Å². The summed E-state index contributed by atoms with van der Waals surface area (Å²) in [6.07, 6.45) is 0. The van der Waals surface area contributed by atoms with Crippen molar-refractivity contribution in [2.45, 2.75) is 16.0 Å². The van der Waals surface area contributed by atoms with Crippen LogP contribution in [0.15, 0.2) is 33.4 Å². The normalized spacial score (nSPS) is 12.1. The SMILES string of the molecule is COC(=O)c1ccccc1[S@](=O)c1snnc1C. The van der Waals surface area contributed by atoms with E-state index in [1.807, 2.05) is 0 Å². The van der Waals surface area contributed by atoms with Gasteiger partial charge >= 0.3 is 5.97 Å². The molecule has 1 heterocycles. The zero-order chi connectivity index (χ0) is 13.1. The Balaban J connectivity index is 2.49. The van der Waals surface area contributed by atoms with Gasteiger partial charge in [-0.15, -0.1) is 5.10 Å². The average Bonchev–Trinajstić information content (AvgIpc) is 2.83. The standard InChI is InChI=1S/C11H10N2O3S2/c1-7-11(17-13-12-7)18(15)9-6-4-3-5-8(9)10(14)16-2/h3-6H,1-2H3/t18-/m0/s1. The van der Waals surface area contributed by atoms with Crippen molar-refractivity contribution in [1.82, 2.24) is 9.59 Å². The number of aromatic nitrogens is 2. The Morgan fingerprint density at radius 3 is 2.72 bits per heavy atom. The molecule has 0 aliphatic carbocycles. The minimum atomic E-state index is -1.47. The fourth-order valence-corrected chi connectivity index (χ4v) is 3.51. The second-order valence-corrected chi connectivity index (χ2v) is 5.80. The van der Waals surface area contributed by atoms with Crippen LogP contribution in [0.25, 0.3) is 0 Å². The number of ether oxygens (including phenoxy) is 1. The summed E-state index contributed by atoms with van der Waals surface area (Å²) in [7, 11) is -0.175. The molecular formula is C11H10N2O3S2. The molecule has 0 unspecified atom stereocenters. The molecule has 0 bridgehead atoms. The largest absolute Gasteiger partial charge is 0.465 e. The maximum atomic E-state index is 12.4. The van der Waals surface area contributed by atoms with E-state index in [9.17, 15) is 9.00 Å². The number of methoxy groups -OCH3 is 1. The van der Waals surface area contributed by atoms with Gasteiger partial charge in [0.05, 0.1) is 34.1 Å². The molecule has 0 spiro atoms. The number of hydrogen-bond acceptors (Lipinski definition) is 6.